The Morgan fingerprint density at radius 2 is 2.06 bits per heavy atom. The normalized spacial score (nSPS) is 19.8. The van der Waals surface area contributed by atoms with Crippen LogP contribution in [0, 0.1) is 5.82 Å². The van der Waals surface area contributed by atoms with Crippen molar-refractivity contribution in [2.75, 3.05) is 13.2 Å². The van der Waals surface area contributed by atoms with Crippen molar-refractivity contribution in [1.82, 2.24) is 20.4 Å². The van der Waals surface area contributed by atoms with Gasteiger partial charge in [0.2, 0.25) is 5.89 Å². The van der Waals surface area contributed by atoms with Crippen LogP contribution in [0.1, 0.15) is 45.0 Å². The lowest BCUT2D eigenvalue weighted by molar-refractivity contribution is 0.00115. The molecular formula is C23H18ClF3N4O4. The molecule has 1 saturated heterocycles. The molecule has 5 rings (SSSR count). The Kier molecular flexibility index (Phi) is 6.20. The van der Waals surface area contributed by atoms with E-state index in [2.05, 4.69) is 15.5 Å². The summed E-state index contributed by atoms with van der Waals surface area (Å²) in [4.78, 5) is 27.5. The second kappa shape index (κ2) is 9.31. The number of carbonyl (C=O) groups is 2. The van der Waals surface area contributed by atoms with Crippen LogP contribution in [0.5, 0.6) is 0 Å². The summed E-state index contributed by atoms with van der Waals surface area (Å²) in [6, 6.07) is 7.88. The molecule has 2 aliphatic rings. The zero-order valence-corrected chi connectivity index (χ0v) is 18.8. The van der Waals surface area contributed by atoms with Crippen LogP contribution in [0.4, 0.5) is 13.2 Å². The number of amides is 2. The van der Waals surface area contributed by atoms with E-state index in [4.69, 9.17) is 20.8 Å². The number of nitrogens with zero attached hydrogens (tertiary/aromatic N) is 3. The van der Waals surface area contributed by atoms with Gasteiger partial charge in [-0.3, -0.25) is 9.59 Å². The van der Waals surface area contributed by atoms with Crippen LogP contribution in [-0.2, 0) is 11.3 Å². The minimum absolute atomic E-state index is 0.0153. The van der Waals surface area contributed by atoms with Gasteiger partial charge in [-0.1, -0.05) is 17.7 Å². The summed E-state index contributed by atoms with van der Waals surface area (Å²) in [5.74, 6) is -2.76. The van der Waals surface area contributed by atoms with Crippen molar-refractivity contribution < 1.29 is 31.9 Å². The van der Waals surface area contributed by atoms with E-state index in [1.807, 2.05) is 0 Å². The lowest BCUT2D eigenvalue weighted by atomic mass is 10.0. The van der Waals surface area contributed by atoms with Crippen molar-refractivity contribution in [3.63, 3.8) is 0 Å². The van der Waals surface area contributed by atoms with Gasteiger partial charge in [0.05, 0.1) is 25.2 Å². The van der Waals surface area contributed by atoms with Crippen LogP contribution in [-0.4, -0.2) is 52.2 Å². The molecule has 0 aliphatic carbocycles. The van der Waals surface area contributed by atoms with Crippen LogP contribution in [0.3, 0.4) is 0 Å². The Bertz CT molecular complexity index is 1300. The Morgan fingerprint density at radius 3 is 2.80 bits per heavy atom. The number of hydrogen-bond donors (Lipinski definition) is 1. The number of rotatable bonds is 5. The maximum atomic E-state index is 15.0. The third kappa shape index (κ3) is 4.48. The molecule has 182 valence electrons. The standard InChI is InChI=1S/C23H18ClF3N4O4/c24-13-3-1-2-11(6-13)20(32)28-17-4-5-34-10-18(17)31-9-15-14(23(31)33)7-12(8-16(15)25)21-29-30-22(35-21)19(26)27/h1-3,6-8,17-19H,4-5,9-10H2,(H,28,32)/t17-,18-/m1/s1. The highest BCUT2D eigenvalue weighted by Crippen LogP contribution is 2.34. The van der Waals surface area contributed by atoms with Crippen LogP contribution < -0.4 is 5.32 Å². The van der Waals surface area contributed by atoms with Crippen molar-refractivity contribution in [1.29, 1.82) is 0 Å². The second-order valence-electron chi connectivity index (χ2n) is 8.18. The van der Waals surface area contributed by atoms with Crippen molar-refractivity contribution >= 4 is 23.4 Å². The number of nitrogens with one attached hydrogen (secondary N) is 1. The highest BCUT2D eigenvalue weighted by molar-refractivity contribution is 6.30. The summed E-state index contributed by atoms with van der Waals surface area (Å²) >= 11 is 5.98. The molecule has 2 atom stereocenters. The fourth-order valence-corrected chi connectivity index (χ4v) is 4.49. The fourth-order valence-electron chi connectivity index (χ4n) is 4.30. The van der Waals surface area contributed by atoms with Gasteiger partial charge in [-0.15, -0.1) is 10.2 Å². The van der Waals surface area contributed by atoms with E-state index in [-0.39, 0.29) is 41.6 Å². The van der Waals surface area contributed by atoms with Crippen LogP contribution >= 0.6 is 11.6 Å². The van der Waals surface area contributed by atoms with E-state index < -0.39 is 36.1 Å². The molecule has 8 nitrogen and oxygen atoms in total. The SMILES string of the molecule is O=C(N[C@@H]1CCOC[C@H]1N1Cc2c(F)cc(-c3nnc(C(F)F)o3)cc2C1=O)c1cccc(Cl)c1. The van der Waals surface area contributed by atoms with Gasteiger partial charge in [0.15, 0.2) is 0 Å². The summed E-state index contributed by atoms with van der Waals surface area (Å²) in [7, 11) is 0. The molecule has 35 heavy (non-hydrogen) atoms. The zero-order valence-electron chi connectivity index (χ0n) is 18.0. The Labute approximate surface area is 202 Å². The minimum atomic E-state index is -2.97. The van der Waals surface area contributed by atoms with Gasteiger partial charge in [-0.05, 0) is 36.8 Å². The van der Waals surface area contributed by atoms with Gasteiger partial charge in [-0.25, -0.2) is 4.39 Å². The number of halogens is 4. The molecule has 2 aliphatic heterocycles. The number of carbonyl (C=O) groups excluding carboxylic acids is 2. The Morgan fingerprint density at radius 1 is 1.23 bits per heavy atom. The first kappa shape index (κ1) is 23.3. The summed E-state index contributed by atoms with van der Waals surface area (Å²) in [6.45, 7) is 0.494. The molecule has 0 saturated carbocycles. The molecule has 0 spiro atoms. The van der Waals surface area contributed by atoms with E-state index in [1.54, 1.807) is 18.2 Å². The highest BCUT2D eigenvalue weighted by Gasteiger charge is 2.40. The first-order chi connectivity index (χ1) is 16.8. The molecule has 0 bridgehead atoms. The lowest BCUT2D eigenvalue weighted by Gasteiger charge is -2.38. The molecule has 1 N–H and O–H groups in total. The predicted octanol–water partition coefficient (Wildman–Crippen LogP) is 4.01. The maximum absolute atomic E-state index is 15.0. The molecule has 12 heteroatoms. The van der Waals surface area contributed by atoms with E-state index in [1.165, 1.54) is 17.0 Å². The first-order valence-corrected chi connectivity index (χ1v) is 11.1. The van der Waals surface area contributed by atoms with Crippen molar-refractivity contribution in [3.05, 3.63) is 69.8 Å². The van der Waals surface area contributed by atoms with E-state index >= 15 is 0 Å². The van der Waals surface area contributed by atoms with Gasteiger partial charge < -0.3 is 19.4 Å². The van der Waals surface area contributed by atoms with Crippen molar-refractivity contribution in [2.24, 2.45) is 0 Å². The summed E-state index contributed by atoms with van der Waals surface area (Å²) in [6.07, 6.45) is -2.53. The highest BCUT2D eigenvalue weighted by atomic mass is 35.5. The first-order valence-electron chi connectivity index (χ1n) is 10.7. The lowest BCUT2D eigenvalue weighted by Crippen LogP contribution is -2.56. The third-order valence-electron chi connectivity index (χ3n) is 6.02. The molecule has 2 amide bonds. The van der Waals surface area contributed by atoms with Crippen LogP contribution in [0.2, 0.25) is 5.02 Å². The Balaban J connectivity index is 1.39. The molecule has 1 aromatic heterocycles. The van der Waals surface area contributed by atoms with Crippen molar-refractivity contribution in [3.8, 4) is 11.5 Å². The number of alkyl halides is 2. The summed E-state index contributed by atoms with van der Waals surface area (Å²) in [5, 5.41) is 10.1. The Hall–Kier alpha value is -3.44. The molecule has 0 radical (unpaired) electrons. The zero-order chi connectivity index (χ0) is 24.7. The van der Waals surface area contributed by atoms with Gasteiger partial charge in [0.1, 0.15) is 5.82 Å². The monoisotopic (exact) mass is 506 g/mol. The van der Waals surface area contributed by atoms with E-state index in [0.29, 0.717) is 23.6 Å². The molecule has 2 aromatic carbocycles. The van der Waals surface area contributed by atoms with E-state index in [9.17, 15) is 22.8 Å². The molecular weight excluding hydrogens is 489 g/mol. The van der Waals surface area contributed by atoms with E-state index in [0.717, 1.165) is 6.07 Å². The van der Waals surface area contributed by atoms with Crippen LogP contribution in [0.15, 0.2) is 40.8 Å². The maximum Gasteiger partial charge on any atom is 0.314 e. The van der Waals surface area contributed by atoms with Gasteiger partial charge in [-0.2, -0.15) is 8.78 Å². The third-order valence-corrected chi connectivity index (χ3v) is 6.25. The van der Waals surface area contributed by atoms with Crippen molar-refractivity contribution in [2.45, 2.75) is 31.5 Å². The number of fused-ring (bicyclic) bond motifs is 1. The molecule has 1 fully saturated rings. The quantitative estimate of drug-likeness (QED) is 0.561. The smallest absolute Gasteiger partial charge is 0.314 e. The summed E-state index contributed by atoms with van der Waals surface area (Å²) in [5.41, 5.74) is 0.596. The number of aromatic nitrogens is 2. The summed E-state index contributed by atoms with van der Waals surface area (Å²) < 4.78 is 51.0. The van der Waals surface area contributed by atoms with Gasteiger partial charge in [0, 0.05) is 33.9 Å². The number of ether oxygens (including phenoxy) is 1. The number of benzene rings is 2. The molecule has 3 aromatic rings. The number of hydrogen-bond acceptors (Lipinski definition) is 6. The average molecular weight is 507 g/mol. The second-order valence-corrected chi connectivity index (χ2v) is 8.62. The predicted molar refractivity (Wildman–Crippen MR) is 116 cm³/mol. The fraction of sp³-hybridized carbons (Fsp3) is 0.304. The minimum Gasteiger partial charge on any atom is -0.415 e. The molecule has 0 unspecified atom stereocenters. The van der Waals surface area contributed by atoms with Gasteiger partial charge in [0.25, 0.3) is 17.7 Å². The van der Waals surface area contributed by atoms with Gasteiger partial charge >= 0.3 is 6.43 Å². The average Bonchev–Trinajstić information content (AvgIpc) is 3.46. The molecule has 3 heterocycles. The largest absolute Gasteiger partial charge is 0.415 e. The topological polar surface area (TPSA) is 97.6 Å². The van der Waals surface area contributed by atoms with Crippen LogP contribution in [0.25, 0.3) is 11.5 Å².